The van der Waals surface area contributed by atoms with Crippen molar-refractivity contribution >= 4 is 12.6 Å². The minimum Gasteiger partial charge on any atom is -0.298 e. The summed E-state index contributed by atoms with van der Waals surface area (Å²) >= 11 is 0. The molecule has 0 aromatic carbocycles. The summed E-state index contributed by atoms with van der Waals surface area (Å²) in [6.45, 7) is 5.99. The summed E-state index contributed by atoms with van der Waals surface area (Å²) < 4.78 is 0. The molecule has 0 bridgehead atoms. The molecule has 0 amide bonds. The molecule has 0 aromatic rings. The Balaban J connectivity index is 2.96. The van der Waals surface area contributed by atoms with E-state index < -0.39 is 0 Å². The number of aryl methyl sites for hydroxylation is 3. The van der Waals surface area contributed by atoms with Gasteiger partial charge in [0.1, 0.15) is 0 Å². The van der Waals surface area contributed by atoms with Gasteiger partial charge >= 0.3 is 0 Å². The quantitative estimate of drug-likeness (QED) is 0.736. The summed E-state index contributed by atoms with van der Waals surface area (Å²) in [4.78, 5) is 22.1. The van der Waals surface area contributed by atoms with E-state index in [0.29, 0.717) is 11.1 Å². The zero-order valence-corrected chi connectivity index (χ0v) is 10.2. The first-order valence-electron chi connectivity index (χ1n) is 5.53. The predicted molar refractivity (Wildman–Crippen MR) is 68.1 cm³/mol. The van der Waals surface area contributed by atoms with Crippen LogP contribution in [0.25, 0.3) is 11.1 Å². The van der Waals surface area contributed by atoms with Gasteiger partial charge in [-0.05, 0) is 49.1 Å². The highest BCUT2D eigenvalue weighted by atomic mass is 16.1. The van der Waals surface area contributed by atoms with Crippen LogP contribution in [0, 0.1) is 20.8 Å². The van der Waals surface area contributed by atoms with E-state index in [1.165, 1.54) is 0 Å². The Morgan fingerprint density at radius 2 is 1.53 bits per heavy atom. The zero-order valence-electron chi connectivity index (χ0n) is 10.2. The molecule has 2 heteroatoms. The van der Waals surface area contributed by atoms with Gasteiger partial charge in [0.25, 0.3) is 0 Å². The van der Waals surface area contributed by atoms with Gasteiger partial charge in [0.2, 0.25) is 0 Å². The standard InChI is InChI=1S/C15H14O2/c1-9-4-10(2)13-6-12(7-16)14(8-17)15(13)11(3)5-9/h4-8H,1-3H3. The normalized spacial score (nSPS) is 10.5. The second-order valence-corrected chi connectivity index (χ2v) is 4.44. The molecule has 0 fully saturated rings. The van der Waals surface area contributed by atoms with Crippen molar-refractivity contribution in [2.75, 3.05) is 0 Å². The summed E-state index contributed by atoms with van der Waals surface area (Å²) in [5.74, 6) is 0. The zero-order chi connectivity index (χ0) is 12.6. The van der Waals surface area contributed by atoms with Crippen molar-refractivity contribution in [3.05, 3.63) is 46.0 Å². The molecule has 0 aliphatic heterocycles. The number of aldehydes is 2. The molecule has 0 heterocycles. The fraction of sp³-hybridized carbons (Fsp3) is 0.200. The highest BCUT2D eigenvalue weighted by Gasteiger charge is 2.18. The van der Waals surface area contributed by atoms with Crippen molar-refractivity contribution in [3.63, 3.8) is 0 Å². The Kier molecular flexibility index (Phi) is 2.80. The van der Waals surface area contributed by atoms with Crippen LogP contribution in [0.15, 0.2) is 18.2 Å². The van der Waals surface area contributed by atoms with E-state index in [0.717, 1.165) is 40.4 Å². The average molecular weight is 226 g/mol. The van der Waals surface area contributed by atoms with Crippen LogP contribution in [-0.4, -0.2) is 12.6 Å². The SMILES string of the molecule is Cc1cc(C)c2cc(C=O)c(C=O)c-2c(C)c1. The molecular weight excluding hydrogens is 212 g/mol. The summed E-state index contributed by atoms with van der Waals surface area (Å²) in [6, 6.07) is 5.91. The van der Waals surface area contributed by atoms with E-state index in [4.69, 9.17) is 0 Å². The van der Waals surface area contributed by atoms with Gasteiger partial charge in [-0.1, -0.05) is 17.7 Å². The Morgan fingerprint density at radius 3 is 2.12 bits per heavy atom. The predicted octanol–water partition coefficient (Wildman–Crippen LogP) is 3.34. The average Bonchev–Trinajstić information content (AvgIpc) is 2.62. The maximum atomic E-state index is 11.2. The van der Waals surface area contributed by atoms with Gasteiger partial charge in [-0.15, -0.1) is 0 Å². The summed E-state index contributed by atoms with van der Waals surface area (Å²) in [7, 11) is 0. The van der Waals surface area contributed by atoms with Crippen LogP contribution < -0.4 is 0 Å². The summed E-state index contributed by atoms with van der Waals surface area (Å²) in [6.07, 6.45) is 1.52. The maximum Gasteiger partial charge on any atom is 0.151 e. The van der Waals surface area contributed by atoms with E-state index in [1.54, 1.807) is 6.07 Å². The fourth-order valence-corrected chi connectivity index (χ4v) is 2.43. The molecule has 0 radical (unpaired) electrons. The highest BCUT2D eigenvalue weighted by Crippen LogP contribution is 2.35. The number of hydrogen-bond donors (Lipinski definition) is 0. The molecule has 2 aliphatic rings. The molecule has 86 valence electrons. The van der Waals surface area contributed by atoms with Gasteiger partial charge in [-0.25, -0.2) is 0 Å². The first kappa shape index (κ1) is 11.5. The number of fused-ring (bicyclic) bond motifs is 1. The highest BCUT2D eigenvalue weighted by molar-refractivity contribution is 6.02. The van der Waals surface area contributed by atoms with Crippen molar-refractivity contribution in [2.45, 2.75) is 20.8 Å². The molecule has 2 aliphatic carbocycles. The van der Waals surface area contributed by atoms with Gasteiger partial charge < -0.3 is 0 Å². The monoisotopic (exact) mass is 226 g/mol. The third-order valence-electron chi connectivity index (χ3n) is 3.10. The molecular formula is C15H14O2. The Bertz CT molecular complexity index is 582. The van der Waals surface area contributed by atoms with Gasteiger partial charge in [-0.2, -0.15) is 0 Å². The Hall–Kier alpha value is -1.96. The van der Waals surface area contributed by atoms with Gasteiger partial charge in [0.05, 0.1) is 0 Å². The molecule has 0 N–H and O–H groups in total. The van der Waals surface area contributed by atoms with Gasteiger partial charge in [0.15, 0.2) is 12.6 Å². The van der Waals surface area contributed by atoms with Crippen molar-refractivity contribution in [1.82, 2.24) is 0 Å². The Morgan fingerprint density at radius 1 is 0.882 bits per heavy atom. The van der Waals surface area contributed by atoms with Crippen molar-refractivity contribution in [1.29, 1.82) is 0 Å². The lowest BCUT2D eigenvalue weighted by Gasteiger charge is -2.01. The first-order chi connectivity index (χ1) is 8.08. The minimum absolute atomic E-state index is 0.477. The van der Waals surface area contributed by atoms with E-state index in [1.807, 2.05) is 26.8 Å². The number of carbonyl (C=O) groups is 2. The van der Waals surface area contributed by atoms with Gasteiger partial charge in [-0.3, -0.25) is 9.59 Å². The third-order valence-corrected chi connectivity index (χ3v) is 3.10. The van der Waals surface area contributed by atoms with Crippen molar-refractivity contribution in [2.24, 2.45) is 0 Å². The second-order valence-electron chi connectivity index (χ2n) is 4.44. The van der Waals surface area contributed by atoms with Crippen molar-refractivity contribution < 1.29 is 9.59 Å². The van der Waals surface area contributed by atoms with Crippen LogP contribution in [0.1, 0.15) is 37.4 Å². The van der Waals surface area contributed by atoms with Crippen LogP contribution >= 0.6 is 0 Å². The summed E-state index contributed by atoms with van der Waals surface area (Å²) in [5, 5.41) is 0. The first-order valence-corrected chi connectivity index (χ1v) is 5.53. The van der Waals surface area contributed by atoms with Crippen LogP contribution in [0.4, 0.5) is 0 Å². The van der Waals surface area contributed by atoms with E-state index in [2.05, 4.69) is 6.07 Å². The number of carbonyl (C=O) groups excluding carboxylic acids is 2. The van der Waals surface area contributed by atoms with Gasteiger partial charge in [0, 0.05) is 11.1 Å². The lowest BCUT2D eigenvalue weighted by Crippen LogP contribution is -1.87. The molecule has 17 heavy (non-hydrogen) atoms. The van der Waals surface area contributed by atoms with E-state index in [9.17, 15) is 9.59 Å². The second kappa shape index (κ2) is 4.13. The van der Waals surface area contributed by atoms with Crippen molar-refractivity contribution in [3.8, 4) is 11.1 Å². The lowest BCUT2D eigenvalue weighted by molar-refractivity contribution is 0.109. The molecule has 0 saturated carbocycles. The maximum absolute atomic E-state index is 11.2. The van der Waals surface area contributed by atoms with E-state index in [-0.39, 0.29) is 0 Å². The molecule has 2 rings (SSSR count). The molecule has 0 saturated heterocycles. The summed E-state index contributed by atoms with van der Waals surface area (Å²) in [5.41, 5.74) is 6.13. The minimum atomic E-state index is 0.477. The van der Waals surface area contributed by atoms with Crippen LogP contribution in [0.3, 0.4) is 0 Å². The molecule has 0 spiro atoms. The van der Waals surface area contributed by atoms with Crippen LogP contribution in [0.2, 0.25) is 0 Å². The number of hydrogen-bond acceptors (Lipinski definition) is 2. The smallest absolute Gasteiger partial charge is 0.151 e. The molecule has 2 nitrogen and oxygen atoms in total. The topological polar surface area (TPSA) is 34.1 Å². The number of rotatable bonds is 2. The van der Waals surface area contributed by atoms with E-state index >= 15 is 0 Å². The molecule has 0 atom stereocenters. The van der Waals surface area contributed by atoms with Crippen LogP contribution in [-0.2, 0) is 0 Å². The Labute approximate surface area is 101 Å². The molecule has 0 aromatic heterocycles. The largest absolute Gasteiger partial charge is 0.298 e. The fourth-order valence-electron chi connectivity index (χ4n) is 2.43. The molecule has 0 unspecified atom stereocenters. The van der Waals surface area contributed by atoms with Crippen LogP contribution in [0.5, 0.6) is 0 Å². The lowest BCUT2D eigenvalue weighted by atomic mass is 10.0. The third kappa shape index (κ3) is 1.76.